The SMILES string of the molecule is CCCCCCCCCCC(S)CN1CCCC1C=O. The van der Waals surface area contributed by atoms with Crippen LogP contribution in [0.4, 0.5) is 0 Å². The second kappa shape index (κ2) is 11.6. The minimum absolute atomic E-state index is 0.170. The minimum Gasteiger partial charge on any atom is -0.302 e. The van der Waals surface area contributed by atoms with Gasteiger partial charge in [0.25, 0.3) is 0 Å². The molecule has 0 saturated carbocycles. The first kappa shape index (κ1) is 18.0. The van der Waals surface area contributed by atoms with Crippen LogP contribution in [0.5, 0.6) is 0 Å². The lowest BCUT2D eigenvalue weighted by atomic mass is 10.1. The first-order valence-electron chi connectivity index (χ1n) is 8.65. The minimum atomic E-state index is 0.170. The molecule has 0 N–H and O–H groups in total. The van der Waals surface area contributed by atoms with Gasteiger partial charge in [0.2, 0.25) is 0 Å². The van der Waals surface area contributed by atoms with Crippen LogP contribution in [0.25, 0.3) is 0 Å². The molecule has 1 rings (SSSR count). The van der Waals surface area contributed by atoms with E-state index in [1.807, 2.05) is 0 Å². The van der Waals surface area contributed by atoms with Gasteiger partial charge in [0.15, 0.2) is 0 Å². The van der Waals surface area contributed by atoms with Gasteiger partial charge in [-0.25, -0.2) is 0 Å². The molecule has 1 saturated heterocycles. The summed E-state index contributed by atoms with van der Waals surface area (Å²) in [5, 5.41) is 0.440. The molecule has 20 heavy (non-hydrogen) atoms. The van der Waals surface area contributed by atoms with E-state index >= 15 is 0 Å². The van der Waals surface area contributed by atoms with Crippen molar-refractivity contribution in [1.82, 2.24) is 4.90 Å². The van der Waals surface area contributed by atoms with Crippen molar-refractivity contribution in [2.45, 2.75) is 88.8 Å². The van der Waals surface area contributed by atoms with Gasteiger partial charge in [0.05, 0.1) is 6.04 Å². The third-order valence-corrected chi connectivity index (χ3v) is 4.83. The van der Waals surface area contributed by atoms with Crippen LogP contribution < -0.4 is 0 Å². The molecule has 118 valence electrons. The van der Waals surface area contributed by atoms with E-state index in [-0.39, 0.29) is 6.04 Å². The molecule has 0 aromatic heterocycles. The van der Waals surface area contributed by atoms with Gasteiger partial charge in [0.1, 0.15) is 6.29 Å². The summed E-state index contributed by atoms with van der Waals surface area (Å²) in [6.07, 6.45) is 15.5. The number of hydrogen-bond acceptors (Lipinski definition) is 3. The maximum Gasteiger partial charge on any atom is 0.137 e. The van der Waals surface area contributed by atoms with E-state index in [0.717, 1.165) is 25.8 Å². The molecule has 0 aromatic carbocycles. The number of carbonyl (C=O) groups excluding carboxylic acids is 1. The summed E-state index contributed by atoms with van der Waals surface area (Å²) in [5.74, 6) is 0. The van der Waals surface area contributed by atoms with Crippen LogP contribution in [-0.4, -0.2) is 35.6 Å². The van der Waals surface area contributed by atoms with Gasteiger partial charge < -0.3 is 4.79 Å². The summed E-state index contributed by atoms with van der Waals surface area (Å²) in [6.45, 7) is 4.34. The van der Waals surface area contributed by atoms with E-state index in [9.17, 15) is 4.79 Å². The molecule has 3 heteroatoms. The zero-order chi connectivity index (χ0) is 14.6. The molecular weight excluding hydrogens is 266 g/mol. The summed E-state index contributed by atoms with van der Waals surface area (Å²) in [6, 6.07) is 0.170. The summed E-state index contributed by atoms with van der Waals surface area (Å²) in [5.41, 5.74) is 0. The highest BCUT2D eigenvalue weighted by Gasteiger charge is 2.24. The summed E-state index contributed by atoms with van der Waals surface area (Å²) >= 11 is 4.70. The number of likely N-dealkylation sites (tertiary alicyclic amines) is 1. The number of thiol groups is 1. The van der Waals surface area contributed by atoms with E-state index in [1.54, 1.807) is 0 Å². The van der Waals surface area contributed by atoms with E-state index in [0.29, 0.717) is 5.25 Å². The van der Waals surface area contributed by atoms with Gasteiger partial charge in [-0.05, 0) is 25.8 Å². The largest absolute Gasteiger partial charge is 0.302 e. The quantitative estimate of drug-likeness (QED) is 0.326. The number of aldehydes is 1. The Morgan fingerprint density at radius 1 is 1.15 bits per heavy atom. The molecule has 0 spiro atoms. The van der Waals surface area contributed by atoms with Crippen LogP contribution in [-0.2, 0) is 4.79 Å². The molecule has 0 aromatic rings. The molecule has 1 fully saturated rings. The standard InChI is InChI=1S/C17H33NOS/c1-2-3-4-5-6-7-8-9-12-17(20)14-18-13-10-11-16(18)15-19/h15-17,20H,2-14H2,1H3. The van der Waals surface area contributed by atoms with Crippen LogP contribution >= 0.6 is 12.6 Å². The van der Waals surface area contributed by atoms with E-state index < -0.39 is 0 Å². The molecule has 0 bridgehead atoms. The Balaban J connectivity index is 1.95. The maximum atomic E-state index is 10.9. The van der Waals surface area contributed by atoms with Crippen LogP contribution in [0, 0.1) is 0 Å². The predicted octanol–water partition coefficient (Wildman–Crippen LogP) is 4.48. The lowest BCUT2D eigenvalue weighted by Gasteiger charge is -2.23. The monoisotopic (exact) mass is 299 g/mol. The molecule has 1 heterocycles. The van der Waals surface area contributed by atoms with Gasteiger partial charge in [-0.2, -0.15) is 12.6 Å². The lowest BCUT2D eigenvalue weighted by Crippen LogP contribution is -2.35. The predicted molar refractivity (Wildman–Crippen MR) is 90.7 cm³/mol. The fourth-order valence-corrected chi connectivity index (χ4v) is 3.50. The molecule has 2 atom stereocenters. The highest BCUT2D eigenvalue weighted by molar-refractivity contribution is 7.81. The molecule has 0 amide bonds. The second-order valence-corrected chi connectivity index (χ2v) is 6.99. The smallest absolute Gasteiger partial charge is 0.137 e. The fourth-order valence-electron chi connectivity index (χ4n) is 3.11. The number of hydrogen-bond donors (Lipinski definition) is 1. The van der Waals surface area contributed by atoms with E-state index in [2.05, 4.69) is 11.8 Å². The number of nitrogens with zero attached hydrogens (tertiary/aromatic N) is 1. The summed E-state index contributed by atoms with van der Waals surface area (Å²) in [7, 11) is 0. The third kappa shape index (κ3) is 7.68. The zero-order valence-electron chi connectivity index (χ0n) is 13.2. The van der Waals surface area contributed by atoms with Gasteiger partial charge in [0, 0.05) is 11.8 Å². The van der Waals surface area contributed by atoms with Crippen LogP contribution in [0.3, 0.4) is 0 Å². The van der Waals surface area contributed by atoms with Crippen molar-refractivity contribution in [3.8, 4) is 0 Å². The van der Waals surface area contributed by atoms with Crippen molar-refractivity contribution < 1.29 is 4.79 Å². The Hall–Kier alpha value is -0.0200. The molecule has 2 unspecified atom stereocenters. The van der Waals surface area contributed by atoms with Crippen LogP contribution in [0.15, 0.2) is 0 Å². The Kier molecular flexibility index (Phi) is 10.5. The topological polar surface area (TPSA) is 20.3 Å². The fraction of sp³-hybridized carbons (Fsp3) is 0.941. The molecule has 1 aliphatic rings. The number of rotatable bonds is 12. The number of carbonyl (C=O) groups is 1. The summed E-state index contributed by atoms with van der Waals surface area (Å²) < 4.78 is 0. The van der Waals surface area contributed by atoms with Crippen molar-refractivity contribution in [2.75, 3.05) is 13.1 Å². The Morgan fingerprint density at radius 2 is 1.80 bits per heavy atom. The van der Waals surface area contributed by atoms with Crippen molar-refractivity contribution in [3.63, 3.8) is 0 Å². The van der Waals surface area contributed by atoms with Gasteiger partial charge in [-0.3, -0.25) is 4.90 Å². The highest BCUT2D eigenvalue weighted by atomic mass is 32.1. The molecule has 2 nitrogen and oxygen atoms in total. The molecule has 0 aliphatic carbocycles. The number of unbranched alkanes of at least 4 members (excludes halogenated alkanes) is 7. The van der Waals surface area contributed by atoms with E-state index in [1.165, 1.54) is 64.2 Å². The normalized spacial score (nSPS) is 21.2. The van der Waals surface area contributed by atoms with E-state index in [4.69, 9.17) is 12.6 Å². The van der Waals surface area contributed by atoms with Crippen LogP contribution in [0.1, 0.15) is 77.6 Å². The lowest BCUT2D eigenvalue weighted by molar-refractivity contribution is -0.111. The average molecular weight is 300 g/mol. The van der Waals surface area contributed by atoms with Crippen LogP contribution in [0.2, 0.25) is 0 Å². The molecular formula is C17H33NOS. The van der Waals surface area contributed by atoms with Crippen molar-refractivity contribution in [3.05, 3.63) is 0 Å². The van der Waals surface area contributed by atoms with Crippen molar-refractivity contribution in [2.24, 2.45) is 0 Å². The van der Waals surface area contributed by atoms with Gasteiger partial charge in [-0.1, -0.05) is 58.3 Å². The van der Waals surface area contributed by atoms with Gasteiger partial charge in [-0.15, -0.1) is 0 Å². The highest BCUT2D eigenvalue weighted by Crippen LogP contribution is 2.19. The Bertz CT molecular complexity index is 247. The zero-order valence-corrected chi connectivity index (χ0v) is 14.1. The third-order valence-electron chi connectivity index (χ3n) is 4.41. The first-order chi connectivity index (χ1) is 9.77. The Labute approximate surface area is 131 Å². The molecule has 0 radical (unpaired) electrons. The van der Waals surface area contributed by atoms with Crippen molar-refractivity contribution >= 4 is 18.9 Å². The average Bonchev–Trinajstić information content (AvgIpc) is 2.89. The maximum absolute atomic E-state index is 10.9. The first-order valence-corrected chi connectivity index (χ1v) is 9.17. The Morgan fingerprint density at radius 3 is 2.45 bits per heavy atom. The second-order valence-electron chi connectivity index (χ2n) is 6.26. The molecule has 1 aliphatic heterocycles. The summed E-state index contributed by atoms with van der Waals surface area (Å²) in [4.78, 5) is 13.3. The van der Waals surface area contributed by atoms with Gasteiger partial charge >= 0.3 is 0 Å². The van der Waals surface area contributed by atoms with Crippen molar-refractivity contribution in [1.29, 1.82) is 0 Å².